The standard InChI is InChI=1S/C12H15ClO3/c1-14-11-4-2-3-9(7-13)12(11)16-10-5-6-15-8-10/h2-4,10H,5-8H2,1H3. The largest absolute Gasteiger partial charge is 0.493 e. The second-order valence-corrected chi connectivity index (χ2v) is 3.95. The second-order valence-electron chi connectivity index (χ2n) is 3.69. The summed E-state index contributed by atoms with van der Waals surface area (Å²) < 4.78 is 16.4. The molecule has 0 aliphatic carbocycles. The second kappa shape index (κ2) is 5.41. The molecule has 0 N–H and O–H groups in total. The maximum atomic E-state index is 5.88. The number of para-hydroxylation sites is 1. The molecule has 2 rings (SSSR count). The van der Waals surface area contributed by atoms with Crippen LogP contribution in [0.2, 0.25) is 0 Å². The van der Waals surface area contributed by atoms with Crippen LogP contribution in [-0.4, -0.2) is 26.4 Å². The van der Waals surface area contributed by atoms with Gasteiger partial charge in [-0.15, -0.1) is 11.6 Å². The van der Waals surface area contributed by atoms with Crippen LogP contribution in [0.4, 0.5) is 0 Å². The van der Waals surface area contributed by atoms with Crippen molar-refractivity contribution in [2.24, 2.45) is 0 Å². The summed E-state index contributed by atoms with van der Waals surface area (Å²) >= 11 is 5.88. The zero-order valence-corrected chi connectivity index (χ0v) is 10.00. The predicted molar refractivity (Wildman–Crippen MR) is 62.4 cm³/mol. The lowest BCUT2D eigenvalue weighted by Crippen LogP contribution is -2.17. The normalized spacial score (nSPS) is 19.8. The van der Waals surface area contributed by atoms with Crippen LogP contribution in [0, 0.1) is 0 Å². The molecule has 0 aromatic heterocycles. The van der Waals surface area contributed by atoms with Crippen molar-refractivity contribution >= 4 is 11.6 Å². The van der Waals surface area contributed by atoms with Crippen LogP contribution in [0.3, 0.4) is 0 Å². The Morgan fingerprint density at radius 1 is 1.50 bits per heavy atom. The number of benzene rings is 1. The van der Waals surface area contributed by atoms with Gasteiger partial charge < -0.3 is 14.2 Å². The van der Waals surface area contributed by atoms with Crippen molar-refractivity contribution in [2.75, 3.05) is 20.3 Å². The van der Waals surface area contributed by atoms with Gasteiger partial charge in [0.2, 0.25) is 0 Å². The van der Waals surface area contributed by atoms with Crippen molar-refractivity contribution in [3.63, 3.8) is 0 Å². The lowest BCUT2D eigenvalue weighted by atomic mass is 10.2. The van der Waals surface area contributed by atoms with Crippen LogP contribution in [0.15, 0.2) is 18.2 Å². The summed E-state index contributed by atoms with van der Waals surface area (Å²) in [6.45, 7) is 1.40. The average molecular weight is 243 g/mol. The molecular weight excluding hydrogens is 228 g/mol. The van der Waals surface area contributed by atoms with E-state index in [1.807, 2.05) is 18.2 Å². The zero-order chi connectivity index (χ0) is 11.4. The van der Waals surface area contributed by atoms with Crippen LogP contribution in [-0.2, 0) is 10.6 Å². The number of methoxy groups -OCH3 is 1. The van der Waals surface area contributed by atoms with Crippen molar-refractivity contribution in [1.82, 2.24) is 0 Å². The van der Waals surface area contributed by atoms with E-state index in [9.17, 15) is 0 Å². The first kappa shape index (κ1) is 11.6. The van der Waals surface area contributed by atoms with Crippen LogP contribution in [0.25, 0.3) is 0 Å². The van der Waals surface area contributed by atoms with E-state index in [4.69, 9.17) is 25.8 Å². The minimum atomic E-state index is 0.110. The Balaban J connectivity index is 2.21. The Morgan fingerprint density at radius 3 is 3.00 bits per heavy atom. The third-order valence-electron chi connectivity index (χ3n) is 2.60. The highest BCUT2D eigenvalue weighted by Crippen LogP contribution is 2.33. The maximum absolute atomic E-state index is 5.88. The number of hydrogen-bond acceptors (Lipinski definition) is 3. The van der Waals surface area contributed by atoms with Gasteiger partial charge in [-0.05, 0) is 6.07 Å². The average Bonchev–Trinajstić information content (AvgIpc) is 2.82. The minimum absolute atomic E-state index is 0.110. The summed E-state index contributed by atoms with van der Waals surface area (Å²) in [4.78, 5) is 0. The van der Waals surface area contributed by atoms with E-state index in [1.54, 1.807) is 7.11 Å². The number of ether oxygens (including phenoxy) is 3. The Bertz CT molecular complexity index is 326. The van der Waals surface area contributed by atoms with Crippen molar-refractivity contribution in [3.8, 4) is 11.5 Å². The molecule has 4 heteroatoms. The Labute approximate surface area is 100 Å². The molecule has 1 heterocycles. The van der Waals surface area contributed by atoms with Crippen molar-refractivity contribution < 1.29 is 14.2 Å². The molecule has 1 unspecified atom stereocenters. The van der Waals surface area contributed by atoms with Gasteiger partial charge in [-0.2, -0.15) is 0 Å². The van der Waals surface area contributed by atoms with Crippen LogP contribution in [0.1, 0.15) is 12.0 Å². The lowest BCUT2D eigenvalue weighted by Gasteiger charge is -2.17. The number of hydrogen-bond donors (Lipinski definition) is 0. The fourth-order valence-electron chi connectivity index (χ4n) is 1.73. The maximum Gasteiger partial charge on any atom is 0.166 e. The molecule has 88 valence electrons. The SMILES string of the molecule is COc1cccc(CCl)c1OC1CCOC1. The Kier molecular flexibility index (Phi) is 3.91. The first-order chi connectivity index (χ1) is 7.85. The van der Waals surface area contributed by atoms with E-state index >= 15 is 0 Å². The van der Waals surface area contributed by atoms with Crippen molar-refractivity contribution in [1.29, 1.82) is 0 Å². The monoisotopic (exact) mass is 242 g/mol. The predicted octanol–water partition coefficient (Wildman–Crippen LogP) is 2.60. The Hall–Kier alpha value is -0.930. The summed E-state index contributed by atoms with van der Waals surface area (Å²) in [5, 5.41) is 0. The molecule has 1 aromatic rings. The fraction of sp³-hybridized carbons (Fsp3) is 0.500. The van der Waals surface area contributed by atoms with E-state index in [2.05, 4.69) is 0 Å². The summed E-state index contributed by atoms with van der Waals surface area (Å²) in [5.41, 5.74) is 0.952. The molecule has 0 bridgehead atoms. The molecule has 0 saturated carbocycles. The van der Waals surface area contributed by atoms with Gasteiger partial charge in [0.15, 0.2) is 11.5 Å². The highest BCUT2D eigenvalue weighted by molar-refractivity contribution is 6.17. The van der Waals surface area contributed by atoms with Gasteiger partial charge in [0.25, 0.3) is 0 Å². The summed E-state index contributed by atoms with van der Waals surface area (Å²) in [5.74, 6) is 1.89. The fourth-order valence-corrected chi connectivity index (χ4v) is 1.94. The summed E-state index contributed by atoms with van der Waals surface area (Å²) in [6.07, 6.45) is 1.03. The molecule has 1 fully saturated rings. The van der Waals surface area contributed by atoms with Crippen LogP contribution < -0.4 is 9.47 Å². The topological polar surface area (TPSA) is 27.7 Å². The van der Waals surface area contributed by atoms with Crippen LogP contribution >= 0.6 is 11.6 Å². The van der Waals surface area contributed by atoms with Crippen molar-refractivity contribution in [3.05, 3.63) is 23.8 Å². The summed E-state index contributed by atoms with van der Waals surface area (Å²) in [7, 11) is 1.63. The van der Waals surface area contributed by atoms with Gasteiger partial charge in [0.05, 0.1) is 26.2 Å². The minimum Gasteiger partial charge on any atom is -0.493 e. The van der Waals surface area contributed by atoms with E-state index < -0.39 is 0 Å². The Morgan fingerprint density at radius 2 is 2.38 bits per heavy atom. The van der Waals surface area contributed by atoms with E-state index in [-0.39, 0.29) is 6.10 Å². The van der Waals surface area contributed by atoms with Gasteiger partial charge in [-0.1, -0.05) is 12.1 Å². The lowest BCUT2D eigenvalue weighted by molar-refractivity contribution is 0.138. The first-order valence-corrected chi connectivity index (χ1v) is 5.85. The van der Waals surface area contributed by atoms with Gasteiger partial charge >= 0.3 is 0 Å². The molecule has 1 aliphatic heterocycles. The van der Waals surface area contributed by atoms with E-state index in [1.165, 1.54) is 0 Å². The third-order valence-corrected chi connectivity index (χ3v) is 2.88. The summed E-state index contributed by atoms with van der Waals surface area (Å²) in [6, 6.07) is 5.73. The molecule has 0 radical (unpaired) electrons. The van der Waals surface area contributed by atoms with Gasteiger partial charge in [0, 0.05) is 12.0 Å². The smallest absolute Gasteiger partial charge is 0.166 e. The highest BCUT2D eigenvalue weighted by Gasteiger charge is 2.20. The quantitative estimate of drug-likeness (QED) is 0.760. The number of rotatable bonds is 4. The molecule has 16 heavy (non-hydrogen) atoms. The molecular formula is C12H15ClO3. The molecule has 1 atom stereocenters. The van der Waals surface area contributed by atoms with E-state index in [0.29, 0.717) is 12.5 Å². The number of halogens is 1. The van der Waals surface area contributed by atoms with Crippen LogP contribution in [0.5, 0.6) is 11.5 Å². The molecule has 1 aromatic carbocycles. The van der Waals surface area contributed by atoms with E-state index in [0.717, 1.165) is 30.1 Å². The van der Waals surface area contributed by atoms with Crippen molar-refractivity contribution in [2.45, 2.75) is 18.4 Å². The first-order valence-electron chi connectivity index (χ1n) is 5.31. The zero-order valence-electron chi connectivity index (χ0n) is 9.24. The molecule has 1 aliphatic rings. The third kappa shape index (κ3) is 2.42. The molecule has 0 amide bonds. The van der Waals surface area contributed by atoms with Gasteiger partial charge in [-0.3, -0.25) is 0 Å². The molecule has 0 spiro atoms. The van der Waals surface area contributed by atoms with Gasteiger partial charge in [-0.25, -0.2) is 0 Å². The number of alkyl halides is 1. The van der Waals surface area contributed by atoms with Gasteiger partial charge in [0.1, 0.15) is 6.10 Å². The molecule has 1 saturated heterocycles. The highest BCUT2D eigenvalue weighted by atomic mass is 35.5. The molecule has 3 nitrogen and oxygen atoms in total.